The molecule has 0 radical (unpaired) electrons. The van der Waals surface area contributed by atoms with Gasteiger partial charge < -0.3 is 14.2 Å². The molecule has 0 amide bonds. The Kier molecular flexibility index (Phi) is 41.3. The second-order valence-corrected chi connectivity index (χ2v) is 16.6. The maximum atomic E-state index is 12.7. The van der Waals surface area contributed by atoms with E-state index in [0.717, 1.165) is 63.7 Å². The molecule has 0 bridgehead atoms. The molecule has 54 heavy (non-hydrogen) atoms. The van der Waals surface area contributed by atoms with Gasteiger partial charge in [-0.15, -0.1) is 0 Å². The van der Waals surface area contributed by atoms with Crippen LogP contribution in [0.1, 0.15) is 265 Å². The highest BCUT2D eigenvalue weighted by atomic mass is 16.6. The molecule has 0 saturated heterocycles. The first kappa shape index (κ1) is 52.4. The van der Waals surface area contributed by atoms with Crippen LogP contribution in [0.2, 0.25) is 0 Å². The Balaban J connectivity index is 4.25. The number of hydrogen-bond acceptors (Lipinski definition) is 6. The lowest BCUT2D eigenvalue weighted by Crippen LogP contribution is -2.30. The molecule has 0 aromatic carbocycles. The SMILES string of the molecule is CCCCCCCCCCCCCCCCCC(=O)O[C@@H](COC(=O)CCCCCCCCC)COC(=O)CCCCCCCCCCCCC(C)CC. The molecule has 6 nitrogen and oxygen atoms in total. The Labute approximate surface area is 336 Å². The van der Waals surface area contributed by atoms with E-state index < -0.39 is 6.10 Å². The predicted octanol–water partition coefficient (Wildman–Crippen LogP) is 15.1. The number of carbonyl (C=O) groups is 3. The number of rotatable bonds is 43. The highest BCUT2D eigenvalue weighted by Gasteiger charge is 2.19. The number of carbonyl (C=O) groups excluding carboxylic acids is 3. The van der Waals surface area contributed by atoms with Crippen LogP contribution in [0.4, 0.5) is 0 Å². The largest absolute Gasteiger partial charge is 0.462 e. The normalized spacial score (nSPS) is 12.4. The van der Waals surface area contributed by atoms with Gasteiger partial charge in [-0.25, -0.2) is 0 Å². The number of hydrogen-bond donors (Lipinski definition) is 0. The molecule has 0 heterocycles. The highest BCUT2D eigenvalue weighted by molar-refractivity contribution is 5.71. The van der Waals surface area contributed by atoms with Crippen LogP contribution in [-0.2, 0) is 28.6 Å². The lowest BCUT2D eigenvalue weighted by molar-refractivity contribution is -0.167. The van der Waals surface area contributed by atoms with Crippen molar-refractivity contribution in [2.45, 2.75) is 271 Å². The summed E-state index contributed by atoms with van der Waals surface area (Å²) in [6.45, 7) is 8.99. The van der Waals surface area contributed by atoms with E-state index in [1.165, 1.54) is 161 Å². The Hall–Kier alpha value is -1.59. The van der Waals surface area contributed by atoms with Crippen LogP contribution in [0.25, 0.3) is 0 Å². The Morgan fingerprint density at radius 3 is 0.963 bits per heavy atom. The van der Waals surface area contributed by atoms with Gasteiger partial charge in [-0.05, 0) is 25.2 Å². The van der Waals surface area contributed by atoms with Crippen LogP contribution >= 0.6 is 0 Å². The lowest BCUT2D eigenvalue weighted by Gasteiger charge is -2.18. The van der Waals surface area contributed by atoms with E-state index >= 15 is 0 Å². The van der Waals surface area contributed by atoms with Gasteiger partial charge in [-0.1, -0.05) is 227 Å². The monoisotopic (exact) mass is 765 g/mol. The van der Waals surface area contributed by atoms with E-state index in [4.69, 9.17) is 14.2 Å². The molecule has 6 heteroatoms. The van der Waals surface area contributed by atoms with Crippen molar-refractivity contribution in [1.82, 2.24) is 0 Å². The standard InChI is InChI=1S/C48H92O6/c1-5-8-10-12-14-15-16-17-18-19-20-25-29-33-37-41-48(51)54-45(42-52-46(49)39-35-31-26-13-11-9-6-2)43-53-47(50)40-36-32-28-24-22-21-23-27-30-34-38-44(4)7-3/h44-45H,5-43H2,1-4H3/t44?,45-/m0/s1. The van der Waals surface area contributed by atoms with Crippen LogP contribution in [0.5, 0.6) is 0 Å². The van der Waals surface area contributed by atoms with E-state index in [1.807, 2.05) is 0 Å². The van der Waals surface area contributed by atoms with Crippen molar-refractivity contribution >= 4 is 17.9 Å². The molecule has 0 N–H and O–H groups in total. The van der Waals surface area contributed by atoms with Gasteiger partial charge in [0.05, 0.1) is 0 Å². The van der Waals surface area contributed by atoms with Crippen LogP contribution in [0.15, 0.2) is 0 Å². The molecule has 0 spiro atoms. The van der Waals surface area contributed by atoms with Crippen molar-refractivity contribution in [2.75, 3.05) is 13.2 Å². The maximum Gasteiger partial charge on any atom is 0.306 e. The van der Waals surface area contributed by atoms with E-state index in [9.17, 15) is 14.4 Å². The Morgan fingerprint density at radius 1 is 0.370 bits per heavy atom. The van der Waals surface area contributed by atoms with Crippen LogP contribution in [0.3, 0.4) is 0 Å². The zero-order chi connectivity index (χ0) is 39.6. The zero-order valence-corrected chi connectivity index (χ0v) is 36.7. The molecule has 0 aliphatic rings. The van der Waals surface area contributed by atoms with Crippen molar-refractivity contribution < 1.29 is 28.6 Å². The summed E-state index contributed by atoms with van der Waals surface area (Å²) in [4.78, 5) is 37.7. The fraction of sp³-hybridized carbons (Fsp3) is 0.938. The first-order valence-corrected chi connectivity index (χ1v) is 23.9. The van der Waals surface area contributed by atoms with Gasteiger partial charge in [0.2, 0.25) is 0 Å². The van der Waals surface area contributed by atoms with Crippen molar-refractivity contribution in [3.8, 4) is 0 Å². The molecule has 0 saturated carbocycles. The summed E-state index contributed by atoms with van der Waals surface area (Å²) in [5, 5.41) is 0. The van der Waals surface area contributed by atoms with E-state index in [1.54, 1.807) is 0 Å². The van der Waals surface area contributed by atoms with Gasteiger partial charge >= 0.3 is 17.9 Å². The third kappa shape index (κ3) is 40.1. The Bertz CT molecular complexity index is 813. The summed E-state index contributed by atoms with van der Waals surface area (Å²) in [5.74, 6) is 0.0129. The summed E-state index contributed by atoms with van der Waals surface area (Å²) in [6, 6.07) is 0. The summed E-state index contributed by atoms with van der Waals surface area (Å²) >= 11 is 0. The third-order valence-corrected chi connectivity index (χ3v) is 11.2. The van der Waals surface area contributed by atoms with Crippen molar-refractivity contribution in [3.05, 3.63) is 0 Å². The van der Waals surface area contributed by atoms with Crippen LogP contribution in [0, 0.1) is 5.92 Å². The minimum Gasteiger partial charge on any atom is -0.462 e. The zero-order valence-electron chi connectivity index (χ0n) is 36.7. The van der Waals surface area contributed by atoms with Gasteiger partial charge in [-0.2, -0.15) is 0 Å². The quantitative estimate of drug-likeness (QED) is 0.0349. The van der Waals surface area contributed by atoms with Crippen LogP contribution < -0.4 is 0 Å². The fourth-order valence-electron chi connectivity index (χ4n) is 7.12. The fourth-order valence-corrected chi connectivity index (χ4v) is 7.12. The average Bonchev–Trinajstić information content (AvgIpc) is 3.17. The summed E-state index contributed by atoms with van der Waals surface area (Å²) in [5.41, 5.74) is 0. The number of unbranched alkanes of at least 4 members (excludes halogenated alkanes) is 29. The second-order valence-electron chi connectivity index (χ2n) is 16.6. The summed E-state index contributed by atoms with van der Waals surface area (Å²) in [6.07, 6.45) is 42.3. The molecule has 1 unspecified atom stereocenters. The summed E-state index contributed by atoms with van der Waals surface area (Å²) < 4.78 is 16.7. The van der Waals surface area contributed by atoms with Gasteiger partial charge in [0.25, 0.3) is 0 Å². The smallest absolute Gasteiger partial charge is 0.306 e. The highest BCUT2D eigenvalue weighted by Crippen LogP contribution is 2.17. The minimum absolute atomic E-state index is 0.0640. The van der Waals surface area contributed by atoms with Crippen molar-refractivity contribution in [3.63, 3.8) is 0 Å². The maximum absolute atomic E-state index is 12.7. The molecule has 0 aliphatic carbocycles. The number of ether oxygens (including phenoxy) is 3. The predicted molar refractivity (Wildman–Crippen MR) is 229 cm³/mol. The molecular weight excluding hydrogens is 673 g/mol. The molecular formula is C48H92O6. The molecule has 0 aromatic heterocycles. The molecule has 0 aromatic rings. The Morgan fingerprint density at radius 2 is 0.648 bits per heavy atom. The number of esters is 3. The van der Waals surface area contributed by atoms with Crippen molar-refractivity contribution in [1.29, 1.82) is 0 Å². The molecule has 0 fully saturated rings. The molecule has 0 rings (SSSR count). The first-order valence-electron chi connectivity index (χ1n) is 23.9. The summed E-state index contributed by atoms with van der Waals surface area (Å²) in [7, 11) is 0. The van der Waals surface area contributed by atoms with Gasteiger partial charge in [-0.3, -0.25) is 14.4 Å². The second kappa shape index (κ2) is 42.6. The third-order valence-electron chi connectivity index (χ3n) is 11.2. The lowest BCUT2D eigenvalue weighted by atomic mass is 9.99. The van der Waals surface area contributed by atoms with E-state index in [-0.39, 0.29) is 31.1 Å². The first-order chi connectivity index (χ1) is 26.4. The average molecular weight is 765 g/mol. The molecule has 0 aliphatic heterocycles. The topological polar surface area (TPSA) is 78.9 Å². The van der Waals surface area contributed by atoms with Gasteiger partial charge in [0.15, 0.2) is 6.10 Å². The van der Waals surface area contributed by atoms with Crippen molar-refractivity contribution in [2.24, 2.45) is 5.92 Å². The molecule has 2 atom stereocenters. The minimum atomic E-state index is -0.758. The molecule has 320 valence electrons. The van der Waals surface area contributed by atoms with E-state index in [0.29, 0.717) is 19.3 Å². The van der Waals surface area contributed by atoms with Gasteiger partial charge in [0, 0.05) is 19.3 Å². The van der Waals surface area contributed by atoms with E-state index in [2.05, 4.69) is 27.7 Å². The van der Waals surface area contributed by atoms with Crippen LogP contribution in [-0.4, -0.2) is 37.2 Å². The van der Waals surface area contributed by atoms with Gasteiger partial charge in [0.1, 0.15) is 13.2 Å².